The Morgan fingerprint density at radius 3 is 2.45 bits per heavy atom. The van der Waals surface area contributed by atoms with Gasteiger partial charge >= 0.3 is 0 Å². The third kappa shape index (κ3) is 1.93. The van der Waals surface area contributed by atoms with E-state index >= 15 is 0 Å². The number of rotatable bonds is 3. The molecule has 0 aromatic heterocycles. The summed E-state index contributed by atoms with van der Waals surface area (Å²) in [4.78, 5) is 0. The van der Waals surface area contributed by atoms with Crippen molar-refractivity contribution in [2.75, 3.05) is 19.3 Å². The van der Waals surface area contributed by atoms with Crippen molar-refractivity contribution >= 4 is 18.0 Å². The fourth-order valence-corrected chi connectivity index (χ4v) is 5.35. The molecule has 0 fully saturated rings. The van der Waals surface area contributed by atoms with Crippen LogP contribution in [-0.2, 0) is 11.8 Å². The van der Waals surface area contributed by atoms with E-state index in [1.165, 1.54) is 12.6 Å². The van der Waals surface area contributed by atoms with E-state index in [4.69, 9.17) is 11.8 Å². The maximum absolute atomic E-state index is 5.64. The zero-order valence-electron chi connectivity index (χ0n) is 7.29. The SMILES string of the molecule is CCN(CC)P1(=S)C=CCC1. The van der Waals surface area contributed by atoms with Gasteiger partial charge in [-0.1, -0.05) is 31.7 Å². The van der Waals surface area contributed by atoms with Crippen LogP contribution >= 0.6 is 6.19 Å². The summed E-state index contributed by atoms with van der Waals surface area (Å²) in [6, 6.07) is 0. The molecule has 0 bridgehead atoms. The zero-order chi connectivity index (χ0) is 8.32. The molecule has 1 aliphatic rings. The average Bonchev–Trinajstić information content (AvgIpc) is 2.39. The minimum Gasteiger partial charge on any atom is -0.272 e. The Kier molecular flexibility index (Phi) is 3.29. The molecular weight excluding hydrogens is 173 g/mol. The average molecular weight is 189 g/mol. The highest BCUT2D eigenvalue weighted by atomic mass is 32.4. The van der Waals surface area contributed by atoms with Gasteiger partial charge < -0.3 is 0 Å². The van der Waals surface area contributed by atoms with Gasteiger partial charge in [-0.2, -0.15) is 0 Å². The van der Waals surface area contributed by atoms with E-state index in [9.17, 15) is 0 Å². The zero-order valence-corrected chi connectivity index (χ0v) is 9.00. The second kappa shape index (κ2) is 3.84. The smallest absolute Gasteiger partial charge is 0.0359 e. The van der Waals surface area contributed by atoms with Gasteiger partial charge in [0.1, 0.15) is 0 Å². The van der Waals surface area contributed by atoms with Gasteiger partial charge in [0.15, 0.2) is 0 Å². The summed E-state index contributed by atoms with van der Waals surface area (Å²) in [7, 11) is 0. The molecule has 3 heteroatoms. The molecule has 1 aliphatic heterocycles. The molecule has 0 aromatic rings. The summed E-state index contributed by atoms with van der Waals surface area (Å²) < 4.78 is 2.45. The fourth-order valence-electron chi connectivity index (χ4n) is 1.51. The van der Waals surface area contributed by atoms with Crippen LogP contribution in [-0.4, -0.2) is 23.9 Å². The van der Waals surface area contributed by atoms with Gasteiger partial charge in [-0.15, -0.1) is 0 Å². The van der Waals surface area contributed by atoms with E-state index in [0.717, 1.165) is 13.1 Å². The normalized spacial score (nSPS) is 30.1. The van der Waals surface area contributed by atoms with Crippen LogP contribution in [0.5, 0.6) is 0 Å². The first-order valence-corrected chi connectivity index (χ1v) is 7.25. The van der Waals surface area contributed by atoms with Crippen LogP contribution in [0, 0.1) is 0 Å². The van der Waals surface area contributed by atoms with Crippen molar-refractivity contribution < 1.29 is 0 Å². The number of hydrogen-bond donors (Lipinski definition) is 0. The van der Waals surface area contributed by atoms with E-state index in [-0.39, 0.29) is 0 Å². The molecule has 1 nitrogen and oxygen atoms in total. The Hall–Kier alpha value is 0.350. The van der Waals surface area contributed by atoms with Gasteiger partial charge in [0.05, 0.1) is 0 Å². The maximum atomic E-state index is 5.64. The van der Waals surface area contributed by atoms with Gasteiger partial charge in [-0.25, -0.2) is 0 Å². The fraction of sp³-hybridized carbons (Fsp3) is 0.750. The van der Waals surface area contributed by atoms with Crippen LogP contribution in [0.15, 0.2) is 11.9 Å². The third-order valence-corrected chi connectivity index (χ3v) is 6.87. The van der Waals surface area contributed by atoms with Crippen LogP contribution in [0.25, 0.3) is 0 Å². The Morgan fingerprint density at radius 2 is 2.09 bits per heavy atom. The van der Waals surface area contributed by atoms with Gasteiger partial charge in [-0.05, 0) is 18.4 Å². The van der Waals surface area contributed by atoms with Crippen LogP contribution in [0.2, 0.25) is 0 Å². The molecule has 0 radical (unpaired) electrons. The maximum Gasteiger partial charge on any atom is 0.0359 e. The predicted octanol–water partition coefficient (Wildman–Crippen LogP) is 2.64. The van der Waals surface area contributed by atoms with Crippen molar-refractivity contribution in [1.82, 2.24) is 4.67 Å². The van der Waals surface area contributed by atoms with Crippen LogP contribution in [0.3, 0.4) is 0 Å². The first-order valence-electron chi connectivity index (χ1n) is 4.25. The lowest BCUT2D eigenvalue weighted by Crippen LogP contribution is -2.18. The molecule has 1 rings (SSSR count). The van der Waals surface area contributed by atoms with Crippen molar-refractivity contribution in [3.05, 3.63) is 11.9 Å². The Morgan fingerprint density at radius 1 is 1.45 bits per heavy atom. The number of hydrogen-bond acceptors (Lipinski definition) is 1. The minimum atomic E-state index is -1.19. The summed E-state index contributed by atoms with van der Waals surface area (Å²) in [5.74, 6) is 2.29. The number of nitrogens with zero attached hydrogens (tertiary/aromatic N) is 1. The monoisotopic (exact) mass is 189 g/mol. The lowest BCUT2D eigenvalue weighted by Gasteiger charge is -2.28. The predicted molar refractivity (Wildman–Crippen MR) is 55.8 cm³/mol. The van der Waals surface area contributed by atoms with Crippen molar-refractivity contribution in [2.24, 2.45) is 0 Å². The molecule has 0 aliphatic carbocycles. The molecule has 0 amide bonds. The van der Waals surface area contributed by atoms with Crippen LogP contribution in [0.4, 0.5) is 0 Å². The molecule has 1 atom stereocenters. The van der Waals surface area contributed by atoms with E-state index in [1.807, 2.05) is 0 Å². The van der Waals surface area contributed by atoms with Crippen molar-refractivity contribution in [3.63, 3.8) is 0 Å². The van der Waals surface area contributed by atoms with Gasteiger partial charge in [0.25, 0.3) is 0 Å². The molecule has 0 saturated carbocycles. The molecule has 0 spiro atoms. The topological polar surface area (TPSA) is 3.24 Å². The van der Waals surface area contributed by atoms with Crippen LogP contribution in [0.1, 0.15) is 20.3 Å². The summed E-state index contributed by atoms with van der Waals surface area (Å²) in [6.45, 7) is 6.61. The highest BCUT2D eigenvalue weighted by molar-refractivity contribution is 8.15. The van der Waals surface area contributed by atoms with E-state index in [0.29, 0.717) is 0 Å². The molecule has 0 aromatic carbocycles. The molecule has 11 heavy (non-hydrogen) atoms. The highest BCUT2D eigenvalue weighted by Crippen LogP contribution is 2.55. The van der Waals surface area contributed by atoms with Gasteiger partial charge in [0, 0.05) is 19.3 Å². The molecule has 0 saturated heterocycles. The molecule has 64 valence electrons. The van der Waals surface area contributed by atoms with Crippen molar-refractivity contribution in [3.8, 4) is 0 Å². The number of allylic oxidation sites excluding steroid dienone is 1. The Labute approximate surface area is 74.5 Å². The lowest BCUT2D eigenvalue weighted by molar-refractivity contribution is 0.509. The second-order valence-electron chi connectivity index (χ2n) is 2.79. The quantitative estimate of drug-likeness (QED) is 0.628. The summed E-state index contributed by atoms with van der Waals surface area (Å²) in [6.07, 6.45) is 3.48. The summed E-state index contributed by atoms with van der Waals surface area (Å²) in [5, 5.41) is 0. The van der Waals surface area contributed by atoms with E-state index < -0.39 is 6.19 Å². The van der Waals surface area contributed by atoms with Crippen molar-refractivity contribution in [2.45, 2.75) is 20.3 Å². The van der Waals surface area contributed by atoms with Gasteiger partial charge in [0.2, 0.25) is 0 Å². The lowest BCUT2D eigenvalue weighted by atomic mass is 10.5. The summed E-state index contributed by atoms with van der Waals surface area (Å²) >= 11 is 5.64. The van der Waals surface area contributed by atoms with Gasteiger partial charge in [-0.3, -0.25) is 4.67 Å². The summed E-state index contributed by atoms with van der Waals surface area (Å²) in [5.41, 5.74) is 0. The van der Waals surface area contributed by atoms with Crippen LogP contribution < -0.4 is 0 Å². The minimum absolute atomic E-state index is 1.11. The van der Waals surface area contributed by atoms with Crippen molar-refractivity contribution in [1.29, 1.82) is 0 Å². The molecule has 1 heterocycles. The largest absolute Gasteiger partial charge is 0.272 e. The Balaban J connectivity index is 2.70. The highest BCUT2D eigenvalue weighted by Gasteiger charge is 2.22. The Bertz CT molecular complexity index is 196. The molecule has 0 N–H and O–H groups in total. The van der Waals surface area contributed by atoms with E-state index in [1.54, 1.807) is 0 Å². The standard InChI is InChI=1S/C8H16NPS/c1-3-9(4-2)10(11)7-5-6-8-10/h5,7H,3-4,6,8H2,1-2H3. The first kappa shape index (κ1) is 9.44. The molecular formula is C8H16NPS. The third-order valence-electron chi connectivity index (χ3n) is 2.16. The molecule has 1 unspecified atom stereocenters. The van der Waals surface area contributed by atoms with E-state index in [2.05, 4.69) is 30.4 Å². The second-order valence-corrected chi connectivity index (χ2v) is 7.51. The first-order chi connectivity index (χ1) is 5.23.